The van der Waals surface area contributed by atoms with Gasteiger partial charge >= 0.3 is 5.97 Å². The van der Waals surface area contributed by atoms with E-state index in [9.17, 15) is 18.4 Å². The molecule has 1 aliphatic rings. The highest BCUT2D eigenvalue weighted by atomic mass is 79.9. The van der Waals surface area contributed by atoms with Gasteiger partial charge in [-0.1, -0.05) is 6.92 Å². The summed E-state index contributed by atoms with van der Waals surface area (Å²) >= 11 is 2.95. The first-order chi connectivity index (χ1) is 9.38. The van der Waals surface area contributed by atoms with E-state index in [1.54, 1.807) is 0 Å². The Morgan fingerprint density at radius 3 is 2.65 bits per heavy atom. The van der Waals surface area contributed by atoms with Gasteiger partial charge in [0.2, 0.25) is 0 Å². The maximum atomic E-state index is 13.5. The quantitative estimate of drug-likeness (QED) is 0.852. The molecule has 1 aliphatic carbocycles. The Hall–Kier alpha value is -1.50. The molecule has 0 aromatic heterocycles. The zero-order valence-corrected chi connectivity index (χ0v) is 12.2. The lowest BCUT2D eigenvalue weighted by molar-refractivity contribution is -0.148. The van der Waals surface area contributed by atoms with E-state index in [4.69, 9.17) is 4.74 Å². The van der Waals surface area contributed by atoms with Gasteiger partial charge in [-0.25, -0.2) is 8.78 Å². The molecule has 1 aromatic carbocycles. The van der Waals surface area contributed by atoms with Crippen molar-refractivity contribution in [2.75, 3.05) is 11.9 Å². The van der Waals surface area contributed by atoms with Crippen molar-refractivity contribution in [3.8, 4) is 0 Å². The van der Waals surface area contributed by atoms with Gasteiger partial charge in [-0.2, -0.15) is 0 Å². The summed E-state index contributed by atoms with van der Waals surface area (Å²) < 4.78 is 31.2. The summed E-state index contributed by atoms with van der Waals surface area (Å²) in [5.41, 5.74) is -0.188. The number of rotatable bonds is 4. The number of anilines is 1. The molecule has 108 valence electrons. The van der Waals surface area contributed by atoms with Crippen molar-refractivity contribution in [2.24, 2.45) is 11.8 Å². The van der Waals surface area contributed by atoms with Crippen LogP contribution >= 0.6 is 15.9 Å². The maximum absolute atomic E-state index is 13.5. The van der Waals surface area contributed by atoms with Crippen LogP contribution in [0.2, 0.25) is 0 Å². The molecule has 4 nitrogen and oxygen atoms in total. The van der Waals surface area contributed by atoms with Crippen LogP contribution in [-0.2, 0) is 14.3 Å². The molecule has 0 unspecified atom stereocenters. The number of esters is 1. The molecule has 0 saturated heterocycles. The lowest BCUT2D eigenvalue weighted by Gasteiger charge is -2.09. The topological polar surface area (TPSA) is 55.4 Å². The predicted octanol–water partition coefficient (Wildman–Crippen LogP) is 2.87. The Morgan fingerprint density at radius 2 is 2.10 bits per heavy atom. The number of nitrogens with one attached hydrogen (secondary N) is 1. The molecular formula is C13H12BrF2NO3. The van der Waals surface area contributed by atoms with Crippen LogP contribution in [0.1, 0.15) is 13.3 Å². The second-order valence-corrected chi connectivity index (χ2v) is 5.57. The molecule has 2 rings (SSSR count). The highest BCUT2D eigenvalue weighted by Gasteiger charge is 2.40. The van der Waals surface area contributed by atoms with E-state index in [0.29, 0.717) is 6.07 Å². The number of carbonyl (C=O) groups excluding carboxylic acids is 2. The lowest BCUT2D eigenvalue weighted by atomic mass is 10.3. The summed E-state index contributed by atoms with van der Waals surface area (Å²) in [6.45, 7) is 1.42. The van der Waals surface area contributed by atoms with Gasteiger partial charge in [-0.3, -0.25) is 9.59 Å². The lowest BCUT2D eigenvalue weighted by Crippen LogP contribution is -2.22. The molecule has 20 heavy (non-hydrogen) atoms. The second-order valence-electron chi connectivity index (χ2n) is 4.72. The number of ether oxygens (including phenoxy) is 1. The third-order valence-electron chi connectivity index (χ3n) is 3.03. The molecule has 0 heterocycles. The van der Waals surface area contributed by atoms with Crippen molar-refractivity contribution in [3.05, 3.63) is 28.2 Å². The predicted molar refractivity (Wildman–Crippen MR) is 70.9 cm³/mol. The first-order valence-electron chi connectivity index (χ1n) is 5.99. The molecule has 1 aromatic rings. The fourth-order valence-corrected chi connectivity index (χ4v) is 2.24. The third kappa shape index (κ3) is 3.53. The van der Waals surface area contributed by atoms with Crippen LogP contribution in [0.25, 0.3) is 0 Å². The van der Waals surface area contributed by atoms with E-state index >= 15 is 0 Å². The molecule has 7 heteroatoms. The van der Waals surface area contributed by atoms with Crippen LogP contribution in [0.5, 0.6) is 0 Å². The van der Waals surface area contributed by atoms with E-state index in [1.807, 2.05) is 6.92 Å². The average molecular weight is 348 g/mol. The molecule has 0 spiro atoms. The van der Waals surface area contributed by atoms with Gasteiger partial charge in [0.15, 0.2) is 12.4 Å². The summed E-state index contributed by atoms with van der Waals surface area (Å²) in [4.78, 5) is 23.0. The third-order valence-corrected chi connectivity index (χ3v) is 3.65. The van der Waals surface area contributed by atoms with E-state index in [-0.39, 0.29) is 22.0 Å². The molecule has 0 aliphatic heterocycles. The largest absolute Gasteiger partial charge is 0.455 e. The van der Waals surface area contributed by atoms with E-state index in [0.717, 1.165) is 12.5 Å². The molecule has 1 amide bonds. The Morgan fingerprint density at radius 1 is 1.45 bits per heavy atom. The summed E-state index contributed by atoms with van der Waals surface area (Å²) in [6, 6.07) is 1.68. The van der Waals surface area contributed by atoms with Crippen LogP contribution in [0.4, 0.5) is 14.5 Å². The molecule has 2 atom stereocenters. The number of amides is 1. The minimum absolute atomic E-state index is 0.0745. The Labute approximate surface area is 122 Å². The SMILES string of the molecule is C[C@@H]1C[C@H]1C(=O)OCC(=O)Nc1c(F)cc(F)cc1Br. The zero-order valence-electron chi connectivity index (χ0n) is 10.6. The van der Waals surface area contributed by atoms with E-state index < -0.39 is 30.1 Å². The normalized spacial score (nSPS) is 20.4. The van der Waals surface area contributed by atoms with Gasteiger partial charge in [0.25, 0.3) is 5.91 Å². The molecular weight excluding hydrogens is 336 g/mol. The first kappa shape index (κ1) is 14.9. The number of halogens is 3. The van der Waals surface area contributed by atoms with Crippen LogP contribution < -0.4 is 5.32 Å². The van der Waals surface area contributed by atoms with Crippen molar-refractivity contribution < 1.29 is 23.1 Å². The van der Waals surface area contributed by atoms with Gasteiger partial charge in [-0.15, -0.1) is 0 Å². The van der Waals surface area contributed by atoms with Gasteiger partial charge in [-0.05, 0) is 34.3 Å². The monoisotopic (exact) mass is 347 g/mol. The van der Waals surface area contributed by atoms with E-state index in [1.165, 1.54) is 0 Å². The number of carbonyl (C=O) groups is 2. The highest BCUT2D eigenvalue weighted by molar-refractivity contribution is 9.10. The molecule has 1 saturated carbocycles. The van der Waals surface area contributed by atoms with Crippen LogP contribution in [0, 0.1) is 23.5 Å². The first-order valence-corrected chi connectivity index (χ1v) is 6.79. The van der Waals surface area contributed by atoms with Crippen LogP contribution in [0.3, 0.4) is 0 Å². The van der Waals surface area contributed by atoms with Gasteiger partial charge < -0.3 is 10.1 Å². The highest BCUT2D eigenvalue weighted by Crippen LogP contribution is 2.38. The van der Waals surface area contributed by atoms with Crippen molar-refractivity contribution in [1.82, 2.24) is 0 Å². The maximum Gasteiger partial charge on any atom is 0.309 e. The smallest absolute Gasteiger partial charge is 0.309 e. The number of benzene rings is 1. The fraction of sp³-hybridized carbons (Fsp3) is 0.385. The summed E-state index contributed by atoms with van der Waals surface area (Å²) in [5.74, 6) is -2.63. The average Bonchev–Trinajstić information content (AvgIpc) is 3.08. The molecule has 0 bridgehead atoms. The van der Waals surface area contributed by atoms with Crippen LogP contribution in [-0.4, -0.2) is 18.5 Å². The zero-order chi connectivity index (χ0) is 14.9. The van der Waals surface area contributed by atoms with Gasteiger partial charge in [0, 0.05) is 10.5 Å². The number of hydrogen-bond donors (Lipinski definition) is 1. The molecule has 1 fully saturated rings. The van der Waals surface area contributed by atoms with Gasteiger partial charge in [0.05, 0.1) is 11.6 Å². The van der Waals surface area contributed by atoms with Crippen molar-refractivity contribution >= 4 is 33.5 Å². The summed E-state index contributed by atoms with van der Waals surface area (Å²) in [5, 5.41) is 2.23. The van der Waals surface area contributed by atoms with Gasteiger partial charge in [0.1, 0.15) is 5.82 Å². The Kier molecular flexibility index (Phi) is 4.37. The molecule has 1 N–H and O–H groups in total. The van der Waals surface area contributed by atoms with Crippen molar-refractivity contribution in [3.63, 3.8) is 0 Å². The minimum atomic E-state index is -0.910. The second kappa shape index (κ2) is 5.87. The molecule has 0 radical (unpaired) electrons. The van der Waals surface area contributed by atoms with Crippen molar-refractivity contribution in [1.29, 1.82) is 0 Å². The number of hydrogen-bond acceptors (Lipinski definition) is 3. The standard InChI is InChI=1S/C13H12BrF2NO3/c1-6-2-8(6)13(19)20-5-11(18)17-12-9(14)3-7(15)4-10(12)16/h3-4,6,8H,2,5H2,1H3,(H,17,18)/t6-,8-/m1/s1. The fourth-order valence-electron chi connectivity index (χ4n) is 1.73. The van der Waals surface area contributed by atoms with E-state index in [2.05, 4.69) is 21.2 Å². The summed E-state index contributed by atoms with van der Waals surface area (Å²) in [7, 11) is 0. The Bertz CT molecular complexity index is 542. The van der Waals surface area contributed by atoms with Crippen LogP contribution in [0.15, 0.2) is 16.6 Å². The minimum Gasteiger partial charge on any atom is -0.455 e. The van der Waals surface area contributed by atoms with Crippen molar-refractivity contribution in [2.45, 2.75) is 13.3 Å². The summed E-state index contributed by atoms with van der Waals surface area (Å²) in [6.07, 6.45) is 0.762. The Balaban J connectivity index is 1.90.